The Morgan fingerprint density at radius 3 is 2.62 bits per heavy atom. The molecule has 0 spiro atoms. The molecule has 0 amide bonds. The Labute approximate surface area is 161 Å². The Bertz CT molecular complexity index is 857. The van der Waals surface area contributed by atoms with Crippen LogP contribution in [0.4, 0.5) is 0 Å². The van der Waals surface area contributed by atoms with Crippen molar-refractivity contribution < 1.29 is 14.1 Å². The van der Waals surface area contributed by atoms with Crippen molar-refractivity contribution in [2.45, 2.75) is 43.7 Å². The van der Waals surface area contributed by atoms with Crippen LogP contribution in [-0.2, 0) is 4.74 Å². The molecule has 0 radical (unpaired) electrons. The van der Waals surface area contributed by atoms with Gasteiger partial charge in [0.05, 0.1) is 10.0 Å². The summed E-state index contributed by atoms with van der Waals surface area (Å²) in [5, 5.41) is 8.46. The van der Waals surface area contributed by atoms with Gasteiger partial charge in [-0.1, -0.05) is 34.4 Å². The van der Waals surface area contributed by atoms with E-state index in [-0.39, 0.29) is 18.0 Å². The van der Waals surface area contributed by atoms with Gasteiger partial charge >= 0.3 is 5.97 Å². The largest absolute Gasteiger partial charge is 0.458 e. The Hall–Kier alpha value is -1.56. The van der Waals surface area contributed by atoms with Crippen LogP contribution in [-0.4, -0.2) is 29.8 Å². The molecule has 136 valence electrons. The van der Waals surface area contributed by atoms with E-state index in [1.807, 2.05) is 0 Å². The average Bonchev–Trinajstić information content (AvgIpc) is 3.03. The SMILES string of the molecule is O=C(O[C@H]1C[C@H]2C[C@@H]1CN2)c1c(-c2c(Cl)cccc2Cl)noc1C1CC1. The number of halogens is 2. The number of esters is 1. The van der Waals surface area contributed by atoms with Crippen LogP contribution in [0.25, 0.3) is 11.3 Å². The maximum absolute atomic E-state index is 13.1. The van der Waals surface area contributed by atoms with Crippen LogP contribution in [0.3, 0.4) is 0 Å². The number of hydrogen-bond donors (Lipinski definition) is 1. The first-order chi connectivity index (χ1) is 12.6. The van der Waals surface area contributed by atoms with E-state index in [0.717, 1.165) is 32.2 Å². The molecule has 3 fully saturated rings. The zero-order valence-electron chi connectivity index (χ0n) is 14.0. The van der Waals surface area contributed by atoms with Crippen molar-refractivity contribution >= 4 is 29.2 Å². The first-order valence-corrected chi connectivity index (χ1v) is 9.75. The third-order valence-electron chi connectivity index (χ3n) is 5.63. The van der Waals surface area contributed by atoms with E-state index in [1.165, 1.54) is 0 Å². The van der Waals surface area contributed by atoms with Crippen LogP contribution in [0.1, 0.15) is 47.7 Å². The second-order valence-corrected chi connectivity index (χ2v) is 8.24. The van der Waals surface area contributed by atoms with Gasteiger partial charge in [-0.25, -0.2) is 4.79 Å². The molecule has 2 aromatic rings. The number of carbonyl (C=O) groups is 1. The molecule has 2 heterocycles. The number of carbonyl (C=O) groups excluding carboxylic acids is 1. The summed E-state index contributed by atoms with van der Waals surface area (Å²) < 4.78 is 11.4. The van der Waals surface area contributed by atoms with Gasteiger partial charge in [-0.2, -0.15) is 0 Å². The predicted molar refractivity (Wildman–Crippen MR) is 97.7 cm³/mol. The zero-order valence-corrected chi connectivity index (χ0v) is 15.5. The number of piperidine rings is 1. The van der Waals surface area contributed by atoms with E-state index in [9.17, 15) is 4.79 Å². The lowest BCUT2D eigenvalue weighted by Crippen LogP contribution is -2.35. The van der Waals surface area contributed by atoms with Crippen molar-refractivity contribution in [1.82, 2.24) is 10.5 Å². The summed E-state index contributed by atoms with van der Waals surface area (Å²) in [5.74, 6) is 0.834. The van der Waals surface area contributed by atoms with Gasteiger partial charge in [0.1, 0.15) is 17.4 Å². The van der Waals surface area contributed by atoms with Gasteiger partial charge in [0.2, 0.25) is 0 Å². The number of rotatable bonds is 4. The maximum Gasteiger partial charge on any atom is 0.344 e. The number of aromatic nitrogens is 1. The van der Waals surface area contributed by atoms with Crippen molar-refractivity contribution in [1.29, 1.82) is 0 Å². The summed E-state index contributed by atoms with van der Waals surface area (Å²) >= 11 is 12.7. The highest BCUT2D eigenvalue weighted by molar-refractivity contribution is 6.39. The zero-order chi connectivity index (χ0) is 17.8. The summed E-state index contributed by atoms with van der Waals surface area (Å²) in [4.78, 5) is 13.1. The van der Waals surface area contributed by atoms with E-state index >= 15 is 0 Å². The summed E-state index contributed by atoms with van der Waals surface area (Å²) in [6, 6.07) is 5.67. The Morgan fingerprint density at radius 1 is 1.23 bits per heavy atom. The highest BCUT2D eigenvalue weighted by Crippen LogP contribution is 2.46. The van der Waals surface area contributed by atoms with E-state index < -0.39 is 0 Å². The van der Waals surface area contributed by atoms with Crippen LogP contribution >= 0.6 is 23.2 Å². The van der Waals surface area contributed by atoms with E-state index in [0.29, 0.717) is 44.6 Å². The van der Waals surface area contributed by atoms with Crippen molar-refractivity contribution in [3.63, 3.8) is 0 Å². The molecule has 1 aromatic carbocycles. The molecule has 7 heteroatoms. The fraction of sp³-hybridized carbons (Fsp3) is 0.474. The van der Waals surface area contributed by atoms with Gasteiger partial charge in [-0.05, 0) is 31.4 Å². The number of fused-ring (bicyclic) bond motifs is 2. The second kappa shape index (κ2) is 6.25. The molecular formula is C19H18Cl2N2O3. The summed E-state index contributed by atoms with van der Waals surface area (Å²) in [7, 11) is 0. The molecule has 1 aliphatic heterocycles. The fourth-order valence-electron chi connectivity index (χ4n) is 4.15. The van der Waals surface area contributed by atoms with Crippen LogP contribution in [0.15, 0.2) is 22.7 Å². The van der Waals surface area contributed by atoms with Gasteiger partial charge in [0.15, 0.2) is 5.76 Å². The topological polar surface area (TPSA) is 64.4 Å². The lowest BCUT2D eigenvalue weighted by molar-refractivity contribution is 0.0177. The Morgan fingerprint density at radius 2 is 2.00 bits per heavy atom. The standard InChI is InChI=1S/C19H18Cl2N2O3/c20-12-2-1-3-13(21)15(12)17-16(18(26-23-17)9-4-5-9)19(24)25-14-7-11-6-10(14)8-22-11/h1-3,9-11,14,22H,4-8H2/t10-,11-,14+/m1/s1. The van der Waals surface area contributed by atoms with Crippen molar-refractivity contribution in [3.05, 3.63) is 39.6 Å². The van der Waals surface area contributed by atoms with Gasteiger partial charge in [-0.3, -0.25) is 0 Å². The number of ether oxygens (including phenoxy) is 1. The molecule has 1 saturated heterocycles. The number of benzene rings is 1. The molecule has 5 rings (SSSR count). The molecule has 2 bridgehead atoms. The second-order valence-electron chi connectivity index (χ2n) is 7.42. The van der Waals surface area contributed by atoms with Gasteiger partial charge in [-0.15, -0.1) is 0 Å². The van der Waals surface area contributed by atoms with E-state index in [4.69, 9.17) is 32.5 Å². The minimum atomic E-state index is -0.378. The quantitative estimate of drug-likeness (QED) is 0.779. The number of nitrogens with zero attached hydrogens (tertiary/aromatic N) is 1. The predicted octanol–water partition coefficient (Wildman–Crippen LogP) is 4.43. The highest BCUT2D eigenvalue weighted by Gasteiger charge is 2.43. The van der Waals surface area contributed by atoms with Crippen molar-refractivity contribution in [3.8, 4) is 11.3 Å². The first-order valence-electron chi connectivity index (χ1n) is 9.00. The number of nitrogens with one attached hydrogen (secondary N) is 1. The normalized spacial score (nSPS) is 27.1. The Kier molecular flexibility index (Phi) is 3.99. The monoisotopic (exact) mass is 392 g/mol. The van der Waals surface area contributed by atoms with Crippen LogP contribution < -0.4 is 5.32 Å². The van der Waals surface area contributed by atoms with Crippen molar-refractivity contribution in [2.24, 2.45) is 5.92 Å². The molecule has 26 heavy (non-hydrogen) atoms. The molecule has 2 aliphatic carbocycles. The molecule has 0 unspecified atom stereocenters. The van der Waals surface area contributed by atoms with Gasteiger partial charge < -0.3 is 14.6 Å². The highest BCUT2D eigenvalue weighted by atomic mass is 35.5. The fourth-order valence-corrected chi connectivity index (χ4v) is 4.72. The minimum absolute atomic E-state index is 0.0507. The van der Waals surface area contributed by atoms with Crippen LogP contribution in [0, 0.1) is 5.92 Å². The maximum atomic E-state index is 13.1. The molecule has 3 atom stereocenters. The lowest BCUT2D eigenvalue weighted by Gasteiger charge is -2.22. The molecule has 2 saturated carbocycles. The molecular weight excluding hydrogens is 375 g/mol. The molecule has 5 nitrogen and oxygen atoms in total. The summed E-state index contributed by atoms with van der Waals surface area (Å²) in [6.45, 7) is 0.908. The van der Waals surface area contributed by atoms with Crippen LogP contribution in [0.2, 0.25) is 10.0 Å². The van der Waals surface area contributed by atoms with Crippen LogP contribution in [0.5, 0.6) is 0 Å². The van der Waals surface area contributed by atoms with Gasteiger partial charge in [0.25, 0.3) is 0 Å². The smallest absolute Gasteiger partial charge is 0.344 e. The summed E-state index contributed by atoms with van der Waals surface area (Å²) in [6.07, 6.45) is 3.86. The van der Waals surface area contributed by atoms with E-state index in [1.54, 1.807) is 18.2 Å². The first kappa shape index (κ1) is 16.6. The number of hydrogen-bond acceptors (Lipinski definition) is 5. The van der Waals surface area contributed by atoms with Gasteiger partial charge in [0, 0.05) is 36.4 Å². The molecule has 1 N–H and O–H groups in total. The third kappa shape index (κ3) is 2.73. The minimum Gasteiger partial charge on any atom is -0.458 e. The molecule has 1 aromatic heterocycles. The average molecular weight is 393 g/mol. The molecule has 3 aliphatic rings. The van der Waals surface area contributed by atoms with Crippen molar-refractivity contribution in [2.75, 3.05) is 6.54 Å². The third-order valence-corrected chi connectivity index (χ3v) is 6.26. The summed E-state index contributed by atoms with van der Waals surface area (Å²) in [5.41, 5.74) is 1.29. The van der Waals surface area contributed by atoms with E-state index in [2.05, 4.69) is 10.5 Å². The lowest BCUT2D eigenvalue weighted by atomic mass is 10.0. The Balaban J connectivity index is 1.52.